The normalized spacial score (nSPS) is 17.3. The van der Waals surface area contributed by atoms with Crippen LogP contribution in [0, 0.1) is 0 Å². The van der Waals surface area contributed by atoms with E-state index in [1.807, 2.05) is 31.7 Å². The molecule has 2 heterocycles. The van der Waals surface area contributed by atoms with Crippen molar-refractivity contribution in [2.75, 3.05) is 11.4 Å². The van der Waals surface area contributed by atoms with Crippen LogP contribution in [0.4, 0.5) is 5.69 Å². The highest BCUT2D eigenvalue weighted by molar-refractivity contribution is 7.88. The number of thiophene rings is 1. The Hall–Kier alpha value is -1.99. The van der Waals surface area contributed by atoms with Gasteiger partial charge in [-0.25, -0.2) is 0 Å². The van der Waals surface area contributed by atoms with Crippen LogP contribution in [0.1, 0.15) is 52.0 Å². The molecule has 0 saturated heterocycles. The van der Waals surface area contributed by atoms with Gasteiger partial charge in [-0.05, 0) is 37.5 Å². The molecule has 1 aliphatic rings. The molecule has 9 nitrogen and oxygen atoms in total. The maximum absolute atomic E-state index is 12.1. The third kappa shape index (κ3) is 4.42. The number of hydrogen-bond acceptors (Lipinski definition) is 7. The summed E-state index contributed by atoms with van der Waals surface area (Å²) in [6, 6.07) is 2.60. The van der Waals surface area contributed by atoms with Crippen LogP contribution >= 0.6 is 11.3 Å². The van der Waals surface area contributed by atoms with Crippen LogP contribution in [0.15, 0.2) is 33.0 Å². The Morgan fingerprint density at radius 2 is 1.75 bits per heavy atom. The Morgan fingerprint density at radius 3 is 2.28 bits per heavy atom. The number of allylic oxidation sites excluding steroid dienone is 2. The van der Waals surface area contributed by atoms with Crippen LogP contribution < -0.4 is 4.90 Å². The van der Waals surface area contributed by atoms with Gasteiger partial charge in [0, 0.05) is 29.5 Å². The highest BCUT2D eigenvalue weighted by Crippen LogP contribution is 2.53. The number of aliphatic carboxylic acids is 1. The van der Waals surface area contributed by atoms with Crippen molar-refractivity contribution in [1.29, 1.82) is 0 Å². The van der Waals surface area contributed by atoms with Crippen molar-refractivity contribution in [3.8, 4) is 0 Å². The predicted octanol–water partition coefficient (Wildman–Crippen LogP) is 4.04. The van der Waals surface area contributed by atoms with E-state index in [2.05, 4.69) is 0 Å². The summed E-state index contributed by atoms with van der Waals surface area (Å²) in [5.41, 5.74) is 1.46. The highest BCUT2D eigenvalue weighted by atomic mass is 32.3. The molecule has 0 atom stereocenters. The Morgan fingerprint density at radius 1 is 1.09 bits per heavy atom. The van der Waals surface area contributed by atoms with Gasteiger partial charge >= 0.3 is 16.1 Å². The van der Waals surface area contributed by atoms with Crippen molar-refractivity contribution in [1.82, 2.24) is 0 Å². The zero-order chi connectivity index (χ0) is 24.1. The summed E-state index contributed by atoms with van der Waals surface area (Å²) in [6.45, 7) is 6.16. The molecule has 0 spiro atoms. The molecule has 3 N–H and O–H groups in total. The summed E-state index contributed by atoms with van der Waals surface area (Å²) in [4.78, 5) is 12.3. The summed E-state index contributed by atoms with van der Waals surface area (Å²) in [5.74, 6) is -0.859. The van der Waals surface area contributed by atoms with Crippen molar-refractivity contribution in [2.45, 2.75) is 61.0 Å². The summed E-state index contributed by atoms with van der Waals surface area (Å²) in [6.07, 6.45) is 3.82. The van der Waals surface area contributed by atoms with E-state index in [1.165, 1.54) is 12.1 Å². The Bertz CT molecular complexity index is 1320. The molecule has 0 saturated carbocycles. The SMILES string of the molecule is CC=C1N(CCCCCC(=O)O)c2c(cc(S(=O)(=O)O)c3sc(S(=O)(=O)O)cc23)C1(C)C. The molecule has 1 aliphatic heterocycles. The third-order valence-electron chi connectivity index (χ3n) is 5.67. The minimum atomic E-state index is -4.67. The quantitative estimate of drug-likeness (QED) is 0.358. The van der Waals surface area contributed by atoms with Crippen LogP contribution in [0.25, 0.3) is 10.1 Å². The number of carboxylic acid groups (broad SMARTS) is 1. The second-order valence-electron chi connectivity index (χ2n) is 8.18. The smallest absolute Gasteiger partial charge is 0.304 e. The van der Waals surface area contributed by atoms with Crippen LogP contribution in [-0.2, 0) is 30.4 Å². The molecule has 0 bridgehead atoms. The first kappa shape index (κ1) is 24.6. The lowest BCUT2D eigenvalue weighted by Crippen LogP contribution is -2.27. The molecule has 32 heavy (non-hydrogen) atoms. The number of fused-ring (bicyclic) bond motifs is 3. The minimum Gasteiger partial charge on any atom is -0.481 e. The average molecular weight is 504 g/mol. The van der Waals surface area contributed by atoms with Gasteiger partial charge in [-0.3, -0.25) is 13.9 Å². The summed E-state index contributed by atoms with van der Waals surface area (Å²) < 4.78 is 66.8. The van der Waals surface area contributed by atoms with Crippen molar-refractivity contribution < 1.29 is 35.8 Å². The van der Waals surface area contributed by atoms with Crippen LogP contribution in [0.5, 0.6) is 0 Å². The van der Waals surface area contributed by atoms with Crippen LogP contribution in [0.3, 0.4) is 0 Å². The molecule has 1 aromatic carbocycles. The second kappa shape index (κ2) is 8.41. The van der Waals surface area contributed by atoms with Crippen molar-refractivity contribution in [3.63, 3.8) is 0 Å². The first-order valence-corrected chi connectivity index (χ1v) is 13.6. The second-order valence-corrected chi connectivity index (χ2v) is 12.3. The molecule has 3 rings (SSSR count). The fourth-order valence-electron chi connectivity index (χ4n) is 4.29. The number of nitrogens with zero attached hydrogens (tertiary/aromatic N) is 1. The van der Waals surface area contributed by atoms with Crippen molar-refractivity contribution in [3.05, 3.63) is 29.5 Å². The maximum Gasteiger partial charge on any atom is 0.304 e. The summed E-state index contributed by atoms with van der Waals surface area (Å²) in [5, 5.41) is 9.13. The first-order valence-electron chi connectivity index (χ1n) is 9.91. The first-order chi connectivity index (χ1) is 14.7. The Balaban J connectivity index is 2.22. The summed E-state index contributed by atoms with van der Waals surface area (Å²) in [7, 11) is -9.26. The van der Waals surface area contributed by atoms with Gasteiger partial charge in [0.2, 0.25) is 0 Å². The van der Waals surface area contributed by atoms with E-state index >= 15 is 0 Å². The number of anilines is 1. The highest BCUT2D eigenvalue weighted by Gasteiger charge is 2.42. The average Bonchev–Trinajstić information content (AvgIpc) is 3.17. The van der Waals surface area contributed by atoms with E-state index in [0.717, 1.165) is 5.70 Å². The molecule has 0 amide bonds. The van der Waals surface area contributed by atoms with E-state index in [9.17, 15) is 30.7 Å². The Labute approximate surface area is 190 Å². The van der Waals surface area contributed by atoms with E-state index < -0.39 is 40.7 Å². The third-order valence-corrected chi connectivity index (χ3v) is 9.15. The summed E-state index contributed by atoms with van der Waals surface area (Å²) >= 11 is 0.581. The van der Waals surface area contributed by atoms with Gasteiger partial charge in [0.25, 0.3) is 10.1 Å². The molecular weight excluding hydrogens is 478 g/mol. The zero-order valence-electron chi connectivity index (χ0n) is 17.8. The van der Waals surface area contributed by atoms with Gasteiger partial charge in [0.05, 0.1) is 10.4 Å². The molecule has 0 fully saturated rings. The topological polar surface area (TPSA) is 149 Å². The van der Waals surface area contributed by atoms with E-state index in [-0.39, 0.29) is 11.1 Å². The fraction of sp³-hybridized carbons (Fsp3) is 0.450. The predicted molar refractivity (Wildman–Crippen MR) is 122 cm³/mol. The van der Waals surface area contributed by atoms with Gasteiger partial charge in [0.15, 0.2) is 0 Å². The number of rotatable bonds is 8. The number of carbonyl (C=O) groups is 1. The molecule has 0 radical (unpaired) electrons. The van der Waals surface area contributed by atoms with Crippen molar-refractivity contribution in [2.24, 2.45) is 0 Å². The number of carboxylic acids is 1. The van der Waals surface area contributed by atoms with Gasteiger partial charge in [0.1, 0.15) is 9.10 Å². The largest absolute Gasteiger partial charge is 0.481 e. The van der Waals surface area contributed by atoms with E-state index in [0.29, 0.717) is 53.8 Å². The Kier molecular flexibility index (Phi) is 6.48. The van der Waals surface area contributed by atoms with Crippen LogP contribution in [0.2, 0.25) is 0 Å². The van der Waals surface area contributed by atoms with Gasteiger partial charge in [-0.1, -0.05) is 26.3 Å². The number of hydrogen-bond donors (Lipinski definition) is 3. The standard InChI is InChI=1S/C20H25NO8S3/c1-4-15-20(2,3)13-11-14(31(24,25)26)19-12(10-17(30-19)32(27,28)29)18(13)21(15)9-7-5-6-8-16(22)23/h4,10-11H,5-9H2,1-3H3,(H,22,23)(H,24,25,26)(H,27,28,29). The molecule has 1 aromatic heterocycles. The van der Waals surface area contributed by atoms with E-state index in [4.69, 9.17) is 5.11 Å². The molecule has 176 valence electrons. The van der Waals surface area contributed by atoms with E-state index in [1.54, 1.807) is 0 Å². The number of unbranched alkanes of at least 4 members (excludes halogenated alkanes) is 2. The zero-order valence-corrected chi connectivity index (χ0v) is 20.3. The molecular formula is C20H25NO8S3. The van der Waals surface area contributed by atoms with Crippen LogP contribution in [-0.4, -0.2) is 43.6 Å². The van der Waals surface area contributed by atoms with Gasteiger partial charge in [-0.15, -0.1) is 11.3 Å². The lowest BCUT2D eigenvalue weighted by Gasteiger charge is -2.27. The van der Waals surface area contributed by atoms with Gasteiger partial charge in [-0.2, -0.15) is 16.8 Å². The minimum absolute atomic E-state index is 0.0444. The number of benzene rings is 1. The van der Waals surface area contributed by atoms with Crippen molar-refractivity contribution >= 4 is 53.3 Å². The maximum atomic E-state index is 12.1. The molecule has 0 unspecified atom stereocenters. The molecule has 0 aliphatic carbocycles. The lowest BCUT2D eigenvalue weighted by atomic mass is 9.83. The monoisotopic (exact) mass is 503 g/mol. The lowest BCUT2D eigenvalue weighted by molar-refractivity contribution is -0.137. The van der Waals surface area contributed by atoms with Gasteiger partial charge < -0.3 is 10.0 Å². The molecule has 2 aromatic rings. The molecule has 12 heteroatoms. The fourth-order valence-corrected chi connectivity index (χ4v) is 7.08.